The summed E-state index contributed by atoms with van der Waals surface area (Å²) in [5.74, 6) is 1.50. The van der Waals surface area contributed by atoms with E-state index in [0.29, 0.717) is 0 Å². The third-order valence-corrected chi connectivity index (χ3v) is 1.98. The molecule has 0 saturated heterocycles. The van der Waals surface area contributed by atoms with Gasteiger partial charge in [0.25, 0.3) is 0 Å². The Morgan fingerprint density at radius 1 is 1.64 bits per heavy atom. The molecule has 1 aromatic rings. The lowest BCUT2D eigenvalue weighted by Gasteiger charge is -2.06. The maximum absolute atomic E-state index is 10.7. The number of benzene rings is 1. The van der Waals surface area contributed by atoms with E-state index in [0.717, 1.165) is 4.47 Å². The number of hydrogen-bond donors (Lipinski definition) is 1. The number of aromatic carboxylic acids is 1. The van der Waals surface area contributed by atoms with Crippen molar-refractivity contribution in [3.05, 3.63) is 28.2 Å². The van der Waals surface area contributed by atoms with Crippen molar-refractivity contribution in [2.45, 2.75) is 0 Å². The van der Waals surface area contributed by atoms with E-state index in [1.54, 1.807) is 12.1 Å². The van der Waals surface area contributed by atoms with Gasteiger partial charge < -0.3 is 9.84 Å². The Hall–Kier alpha value is -1.47. The Bertz CT molecular complexity index is 393. The van der Waals surface area contributed by atoms with Gasteiger partial charge in [0.2, 0.25) is 0 Å². The molecular formula is C10H7BrO3. The Morgan fingerprint density at radius 3 is 2.93 bits per heavy atom. The highest BCUT2D eigenvalue weighted by molar-refractivity contribution is 9.10. The van der Waals surface area contributed by atoms with Crippen LogP contribution in [0.4, 0.5) is 0 Å². The van der Waals surface area contributed by atoms with Gasteiger partial charge in [-0.25, -0.2) is 4.79 Å². The third-order valence-electron chi connectivity index (χ3n) is 1.49. The number of ether oxygens (including phenoxy) is 1. The van der Waals surface area contributed by atoms with Crippen molar-refractivity contribution in [1.29, 1.82) is 0 Å². The lowest BCUT2D eigenvalue weighted by Crippen LogP contribution is -2.03. The lowest BCUT2D eigenvalue weighted by molar-refractivity contribution is 0.0693. The van der Waals surface area contributed by atoms with Gasteiger partial charge in [-0.1, -0.05) is 21.9 Å². The summed E-state index contributed by atoms with van der Waals surface area (Å²) in [6.07, 6.45) is 5.01. The Balaban J connectivity index is 3.04. The number of hydrogen-bond acceptors (Lipinski definition) is 2. The fourth-order valence-electron chi connectivity index (χ4n) is 0.912. The van der Waals surface area contributed by atoms with Crippen LogP contribution in [0.25, 0.3) is 0 Å². The summed E-state index contributed by atoms with van der Waals surface area (Å²) in [7, 11) is 0. The summed E-state index contributed by atoms with van der Waals surface area (Å²) in [4.78, 5) is 10.7. The highest BCUT2D eigenvalue weighted by Gasteiger charge is 2.10. The third kappa shape index (κ3) is 2.51. The van der Waals surface area contributed by atoms with E-state index in [-0.39, 0.29) is 17.9 Å². The first-order valence-corrected chi connectivity index (χ1v) is 4.53. The Labute approximate surface area is 89.8 Å². The molecule has 0 aliphatic carbocycles. The molecule has 0 fully saturated rings. The van der Waals surface area contributed by atoms with Crippen molar-refractivity contribution in [1.82, 2.24) is 0 Å². The summed E-state index contributed by atoms with van der Waals surface area (Å²) in [5.41, 5.74) is 0.100. The number of terminal acetylenes is 1. The fraction of sp³-hybridized carbons (Fsp3) is 0.100. The number of carboxylic acids is 1. The van der Waals surface area contributed by atoms with E-state index in [1.807, 2.05) is 0 Å². The maximum Gasteiger partial charge on any atom is 0.339 e. The topological polar surface area (TPSA) is 46.5 Å². The molecule has 1 rings (SSSR count). The minimum absolute atomic E-state index is 0.0523. The van der Waals surface area contributed by atoms with Crippen LogP contribution >= 0.6 is 15.9 Å². The molecule has 0 radical (unpaired) electrons. The summed E-state index contributed by atoms with van der Waals surface area (Å²) >= 11 is 3.21. The monoisotopic (exact) mass is 254 g/mol. The van der Waals surface area contributed by atoms with Crippen LogP contribution in [-0.4, -0.2) is 17.7 Å². The van der Waals surface area contributed by atoms with Crippen LogP contribution in [-0.2, 0) is 0 Å². The second-order valence-corrected chi connectivity index (χ2v) is 3.35. The van der Waals surface area contributed by atoms with Gasteiger partial charge in [0.15, 0.2) is 0 Å². The van der Waals surface area contributed by atoms with Crippen molar-refractivity contribution in [3.63, 3.8) is 0 Å². The van der Waals surface area contributed by atoms with Crippen LogP contribution in [0.2, 0.25) is 0 Å². The van der Waals surface area contributed by atoms with E-state index in [2.05, 4.69) is 21.9 Å². The SMILES string of the molecule is C#CCOc1cc(Br)ccc1C(=O)O. The van der Waals surface area contributed by atoms with Crippen molar-refractivity contribution >= 4 is 21.9 Å². The zero-order valence-electron chi connectivity index (χ0n) is 7.16. The molecular weight excluding hydrogens is 248 g/mol. The molecule has 14 heavy (non-hydrogen) atoms. The van der Waals surface area contributed by atoms with E-state index in [4.69, 9.17) is 16.3 Å². The molecule has 0 atom stereocenters. The smallest absolute Gasteiger partial charge is 0.339 e. The van der Waals surface area contributed by atoms with Crippen LogP contribution in [0.5, 0.6) is 5.75 Å². The predicted octanol–water partition coefficient (Wildman–Crippen LogP) is 2.16. The number of rotatable bonds is 3. The quantitative estimate of drug-likeness (QED) is 0.842. The zero-order valence-corrected chi connectivity index (χ0v) is 8.74. The molecule has 3 nitrogen and oxygen atoms in total. The second-order valence-electron chi connectivity index (χ2n) is 2.44. The van der Waals surface area contributed by atoms with Gasteiger partial charge in [0.1, 0.15) is 17.9 Å². The van der Waals surface area contributed by atoms with Gasteiger partial charge in [-0.2, -0.15) is 0 Å². The first-order valence-electron chi connectivity index (χ1n) is 3.74. The summed E-state index contributed by atoms with van der Waals surface area (Å²) < 4.78 is 5.83. The van der Waals surface area contributed by atoms with Gasteiger partial charge in [0.05, 0.1) is 0 Å². The highest BCUT2D eigenvalue weighted by atomic mass is 79.9. The van der Waals surface area contributed by atoms with Crippen molar-refractivity contribution < 1.29 is 14.6 Å². The molecule has 0 heterocycles. The van der Waals surface area contributed by atoms with Crippen molar-refractivity contribution in [3.8, 4) is 18.1 Å². The van der Waals surface area contributed by atoms with Gasteiger partial charge >= 0.3 is 5.97 Å². The van der Waals surface area contributed by atoms with Gasteiger partial charge in [-0.15, -0.1) is 6.42 Å². The highest BCUT2D eigenvalue weighted by Crippen LogP contribution is 2.23. The predicted molar refractivity (Wildman–Crippen MR) is 55.4 cm³/mol. The summed E-state index contributed by atoms with van der Waals surface area (Å²) in [6.45, 7) is 0.0523. The molecule has 0 aliphatic heterocycles. The van der Waals surface area contributed by atoms with Crippen molar-refractivity contribution in [2.75, 3.05) is 6.61 Å². The molecule has 1 aromatic carbocycles. The standard InChI is InChI=1S/C10H7BrO3/c1-2-5-14-9-6-7(11)3-4-8(9)10(12)13/h1,3-4,6H,5H2,(H,12,13). The first-order chi connectivity index (χ1) is 6.65. The van der Waals surface area contributed by atoms with Gasteiger partial charge in [-0.05, 0) is 18.2 Å². The van der Waals surface area contributed by atoms with Gasteiger partial charge in [-0.3, -0.25) is 0 Å². The molecule has 4 heteroatoms. The minimum atomic E-state index is -1.04. The van der Waals surface area contributed by atoms with E-state index < -0.39 is 5.97 Å². The van der Waals surface area contributed by atoms with Crippen LogP contribution in [0.1, 0.15) is 10.4 Å². The molecule has 0 bridgehead atoms. The molecule has 0 unspecified atom stereocenters. The van der Waals surface area contributed by atoms with Crippen LogP contribution in [0.15, 0.2) is 22.7 Å². The number of carbonyl (C=O) groups is 1. The molecule has 0 amide bonds. The number of halogens is 1. The average Bonchev–Trinajstić information content (AvgIpc) is 2.14. The molecule has 0 saturated carbocycles. The zero-order chi connectivity index (χ0) is 10.6. The fourth-order valence-corrected chi connectivity index (χ4v) is 1.25. The summed E-state index contributed by atoms with van der Waals surface area (Å²) in [5, 5.41) is 8.81. The summed E-state index contributed by atoms with van der Waals surface area (Å²) in [6, 6.07) is 4.66. The maximum atomic E-state index is 10.7. The van der Waals surface area contributed by atoms with Crippen molar-refractivity contribution in [2.24, 2.45) is 0 Å². The molecule has 0 aliphatic rings. The second kappa shape index (κ2) is 4.68. The van der Waals surface area contributed by atoms with Crippen LogP contribution < -0.4 is 4.74 Å². The molecule has 1 N–H and O–H groups in total. The van der Waals surface area contributed by atoms with E-state index in [9.17, 15) is 4.79 Å². The van der Waals surface area contributed by atoms with E-state index in [1.165, 1.54) is 6.07 Å². The largest absolute Gasteiger partial charge is 0.480 e. The Morgan fingerprint density at radius 2 is 2.36 bits per heavy atom. The Kier molecular flexibility index (Phi) is 3.55. The van der Waals surface area contributed by atoms with Gasteiger partial charge in [0, 0.05) is 4.47 Å². The first kappa shape index (κ1) is 10.6. The molecule has 0 aromatic heterocycles. The van der Waals surface area contributed by atoms with E-state index >= 15 is 0 Å². The normalized spacial score (nSPS) is 9.14. The van der Waals surface area contributed by atoms with Crippen LogP contribution in [0, 0.1) is 12.3 Å². The average molecular weight is 255 g/mol. The lowest BCUT2D eigenvalue weighted by atomic mass is 10.2. The minimum Gasteiger partial charge on any atom is -0.480 e. The molecule has 0 spiro atoms. The van der Waals surface area contributed by atoms with Crippen LogP contribution in [0.3, 0.4) is 0 Å². The molecule has 72 valence electrons. The number of carboxylic acid groups (broad SMARTS) is 1.